The predicted octanol–water partition coefficient (Wildman–Crippen LogP) is 6.00. The Morgan fingerprint density at radius 1 is 0.967 bits per heavy atom. The van der Waals surface area contributed by atoms with Gasteiger partial charge in [-0.15, -0.1) is 0 Å². The Balaban J connectivity index is 1.69. The molecule has 0 atom stereocenters. The first-order valence-electron chi connectivity index (χ1n) is 9.77. The van der Waals surface area contributed by atoms with Crippen molar-refractivity contribution in [3.05, 3.63) is 101 Å². The summed E-state index contributed by atoms with van der Waals surface area (Å²) < 4.78 is 2.01. The maximum atomic E-state index is 7.26. The second kappa shape index (κ2) is 7.34. The molecule has 5 nitrogen and oxygen atoms in total. The molecule has 2 aromatic heterocycles. The molecule has 3 aromatic carbocycles. The van der Waals surface area contributed by atoms with Gasteiger partial charge in [-0.1, -0.05) is 66.7 Å². The number of nitrogens with one attached hydrogen (secondary N) is 1. The van der Waals surface area contributed by atoms with Crippen LogP contribution in [-0.4, -0.2) is 19.7 Å². The van der Waals surface area contributed by atoms with E-state index in [0.717, 1.165) is 39.4 Å². The SMILES string of the molecule is [C-]#[N+]c1ccc2nc(-c3c(C)c(-c4ccccc4)nn3Cc3ccccc3)[nH]c2c1. The van der Waals surface area contributed by atoms with Gasteiger partial charge in [-0.05, 0) is 24.6 Å². The average Bonchev–Trinajstić information content (AvgIpc) is 3.34. The van der Waals surface area contributed by atoms with E-state index >= 15 is 0 Å². The van der Waals surface area contributed by atoms with Gasteiger partial charge in [0.15, 0.2) is 11.5 Å². The van der Waals surface area contributed by atoms with Crippen molar-refractivity contribution in [3.8, 4) is 22.8 Å². The zero-order valence-corrected chi connectivity index (χ0v) is 16.5. The van der Waals surface area contributed by atoms with Crippen LogP contribution in [0.1, 0.15) is 11.1 Å². The van der Waals surface area contributed by atoms with E-state index in [9.17, 15) is 0 Å². The average molecular weight is 389 g/mol. The van der Waals surface area contributed by atoms with E-state index in [-0.39, 0.29) is 0 Å². The number of H-pyrrole nitrogens is 1. The summed E-state index contributed by atoms with van der Waals surface area (Å²) in [6, 6.07) is 26.0. The van der Waals surface area contributed by atoms with E-state index in [1.807, 2.05) is 53.2 Å². The van der Waals surface area contributed by atoms with Crippen LogP contribution in [0.3, 0.4) is 0 Å². The van der Waals surface area contributed by atoms with E-state index in [0.29, 0.717) is 12.2 Å². The number of hydrogen-bond donors (Lipinski definition) is 1. The molecule has 144 valence electrons. The molecule has 5 heteroatoms. The zero-order valence-electron chi connectivity index (χ0n) is 16.5. The first-order chi connectivity index (χ1) is 14.7. The van der Waals surface area contributed by atoms with Crippen LogP contribution in [0.2, 0.25) is 0 Å². The number of hydrogen-bond acceptors (Lipinski definition) is 2. The summed E-state index contributed by atoms with van der Waals surface area (Å²) in [6.07, 6.45) is 0. The van der Waals surface area contributed by atoms with Crippen molar-refractivity contribution < 1.29 is 0 Å². The molecule has 0 aliphatic heterocycles. The smallest absolute Gasteiger partial charge is 0.189 e. The molecule has 0 aliphatic rings. The van der Waals surface area contributed by atoms with Crippen LogP contribution in [0.25, 0.3) is 38.7 Å². The zero-order chi connectivity index (χ0) is 20.5. The van der Waals surface area contributed by atoms with Crippen LogP contribution in [0.15, 0.2) is 78.9 Å². The standard InChI is InChI=1S/C25H19N5/c1-17-23(19-11-7-4-8-12-19)29-30(16-18-9-5-3-6-10-18)24(17)25-27-21-14-13-20(26-2)15-22(21)28-25/h3-15H,16H2,1H3,(H,27,28). The maximum absolute atomic E-state index is 7.26. The highest BCUT2D eigenvalue weighted by molar-refractivity contribution is 5.83. The molecular weight excluding hydrogens is 370 g/mol. The lowest BCUT2D eigenvalue weighted by Gasteiger charge is -2.06. The van der Waals surface area contributed by atoms with Gasteiger partial charge >= 0.3 is 0 Å². The van der Waals surface area contributed by atoms with Gasteiger partial charge in [-0.3, -0.25) is 4.68 Å². The number of imidazole rings is 1. The lowest BCUT2D eigenvalue weighted by molar-refractivity contribution is 0.693. The molecule has 0 radical (unpaired) electrons. The quantitative estimate of drug-likeness (QED) is 0.383. The summed E-state index contributed by atoms with van der Waals surface area (Å²) in [5.74, 6) is 0.759. The second-order valence-corrected chi connectivity index (χ2v) is 7.23. The summed E-state index contributed by atoms with van der Waals surface area (Å²) in [5, 5.41) is 4.96. The minimum absolute atomic E-state index is 0.595. The lowest BCUT2D eigenvalue weighted by Crippen LogP contribution is -2.05. The third-order valence-corrected chi connectivity index (χ3v) is 5.23. The molecule has 0 saturated carbocycles. The number of aromatic amines is 1. The Bertz CT molecular complexity index is 1370. The Morgan fingerprint density at radius 2 is 1.70 bits per heavy atom. The van der Waals surface area contributed by atoms with Crippen LogP contribution < -0.4 is 0 Å². The Morgan fingerprint density at radius 3 is 2.43 bits per heavy atom. The van der Waals surface area contributed by atoms with Gasteiger partial charge in [0.1, 0.15) is 5.69 Å². The summed E-state index contributed by atoms with van der Waals surface area (Å²) >= 11 is 0. The summed E-state index contributed by atoms with van der Waals surface area (Å²) in [4.78, 5) is 11.7. The molecule has 30 heavy (non-hydrogen) atoms. The van der Waals surface area contributed by atoms with Crippen LogP contribution in [-0.2, 0) is 6.54 Å². The minimum Gasteiger partial charge on any atom is -0.338 e. The van der Waals surface area contributed by atoms with Gasteiger partial charge in [-0.25, -0.2) is 9.83 Å². The lowest BCUT2D eigenvalue weighted by atomic mass is 10.1. The predicted molar refractivity (Wildman–Crippen MR) is 119 cm³/mol. The maximum Gasteiger partial charge on any atom is 0.189 e. The minimum atomic E-state index is 0.595. The Labute approximate surface area is 174 Å². The van der Waals surface area contributed by atoms with Gasteiger partial charge in [-0.2, -0.15) is 5.10 Å². The molecule has 5 aromatic rings. The largest absolute Gasteiger partial charge is 0.338 e. The summed E-state index contributed by atoms with van der Waals surface area (Å²) in [5.41, 5.74) is 7.51. The highest BCUT2D eigenvalue weighted by Crippen LogP contribution is 2.32. The van der Waals surface area contributed by atoms with Gasteiger partial charge in [0.05, 0.1) is 29.8 Å². The van der Waals surface area contributed by atoms with Gasteiger partial charge in [0, 0.05) is 11.1 Å². The van der Waals surface area contributed by atoms with Crippen molar-refractivity contribution in [3.63, 3.8) is 0 Å². The van der Waals surface area contributed by atoms with Crippen LogP contribution in [0.4, 0.5) is 5.69 Å². The molecule has 0 amide bonds. The molecule has 0 spiro atoms. The summed E-state index contributed by atoms with van der Waals surface area (Å²) in [7, 11) is 0. The van der Waals surface area contributed by atoms with Crippen molar-refractivity contribution in [2.75, 3.05) is 0 Å². The van der Waals surface area contributed by atoms with Gasteiger partial charge in [0.25, 0.3) is 0 Å². The Hall–Kier alpha value is -4.17. The van der Waals surface area contributed by atoms with Gasteiger partial charge < -0.3 is 4.98 Å². The first-order valence-corrected chi connectivity index (χ1v) is 9.77. The number of nitrogens with zero attached hydrogens (tertiary/aromatic N) is 4. The fourth-order valence-corrected chi connectivity index (χ4v) is 3.77. The topological polar surface area (TPSA) is 50.9 Å². The molecular formula is C25H19N5. The fourth-order valence-electron chi connectivity index (χ4n) is 3.77. The highest BCUT2D eigenvalue weighted by atomic mass is 15.3. The third-order valence-electron chi connectivity index (χ3n) is 5.23. The van der Waals surface area contributed by atoms with E-state index in [1.54, 1.807) is 6.07 Å². The van der Waals surface area contributed by atoms with Crippen LogP contribution in [0.5, 0.6) is 0 Å². The molecule has 0 saturated heterocycles. The highest BCUT2D eigenvalue weighted by Gasteiger charge is 2.20. The number of benzene rings is 3. The fraction of sp³-hybridized carbons (Fsp3) is 0.0800. The van der Waals surface area contributed by atoms with Crippen molar-refractivity contribution >= 4 is 16.7 Å². The van der Waals surface area contributed by atoms with E-state index in [1.165, 1.54) is 5.56 Å². The summed E-state index contributed by atoms with van der Waals surface area (Å²) in [6.45, 7) is 9.99. The molecule has 2 heterocycles. The van der Waals surface area contributed by atoms with Crippen molar-refractivity contribution in [2.45, 2.75) is 13.5 Å². The Kier molecular flexibility index (Phi) is 4.38. The molecule has 0 aliphatic carbocycles. The molecule has 0 fully saturated rings. The van der Waals surface area contributed by atoms with E-state index in [4.69, 9.17) is 16.7 Å². The normalized spacial score (nSPS) is 10.9. The monoisotopic (exact) mass is 389 g/mol. The second-order valence-electron chi connectivity index (χ2n) is 7.23. The first kappa shape index (κ1) is 17.9. The molecule has 0 bridgehead atoms. The molecule has 0 unspecified atom stereocenters. The van der Waals surface area contributed by atoms with Gasteiger partial charge in [0.2, 0.25) is 0 Å². The molecule has 5 rings (SSSR count). The number of aromatic nitrogens is 4. The molecule has 1 N–H and O–H groups in total. The van der Waals surface area contributed by atoms with Crippen molar-refractivity contribution in [1.29, 1.82) is 0 Å². The number of fused-ring (bicyclic) bond motifs is 1. The van der Waals surface area contributed by atoms with Crippen LogP contribution in [0, 0.1) is 13.5 Å². The van der Waals surface area contributed by atoms with Crippen molar-refractivity contribution in [2.24, 2.45) is 0 Å². The van der Waals surface area contributed by atoms with E-state index < -0.39 is 0 Å². The third kappa shape index (κ3) is 3.15. The van der Waals surface area contributed by atoms with Crippen molar-refractivity contribution in [1.82, 2.24) is 19.7 Å². The number of rotatable bonds is 4. The van der Waals surface area contributed by atoms with E-state index in [2.05, 4.69) is 41.0 Å². The van der Waals surface area contributed by atoms with Crippen LogP contribution >= 0.6 is 0 Å².